The van der Waals surface area contributed by atoms with Crippen LogP contribution in [0.2, 0.25) is 5.02 Å². The van der Waals surface area contributed by atoms with E-state index >= 15 is 8.78 Å². The normalized spacial score (nSPS) is 12.8. The van der Waals surface area contributed by atoms with Gasteiger partial charge in [-0.3, -0.25) is 0 Å². The van der Waals surface area contributed by atoms with Crippen LogP contribution in [0.5, 0.6) is 0 Å². The van der Waals surface area contributed by atoms with Crippen molar-refractivity contribution in [1.82, 2.24) is 4.98 Å². The van der Waals surface area contributed by atoms with Crippen LogP contribution >= 0.6 is 22.9 Å². The minimum atomic E-state index is -5.15. The molecule has 0 unspecified atom stereocenters. The van der Waals surface area contributed by atoms with Crippen molar-refractivity contribution in [2.75, 3.05) is 9.62 Å². The Hall–Kier alpha value is -2.87. The van der Waals surface area contributed by atoms with Gasteiger partial charge < -0.3 is 15.8 Å². The molecule has 35 heavy (non-hydrogen) atoms. The Morgan fingerprint density at radius 1 is 1.17 bits per heavy atom. The first-order valence-electron chi connectivity index (χ1n) is 9.83. The van der Waals surface area contributed by atoms with Gasteiger partial charge in [0.05, 0.1) is 5.51 Å². The van der Waals surface area contributed by atoms with E-state index < -0.39 is 56.0 Å². The Bertz CT molecular complexity index is 1330. The summed E-state index contributed by atoms with van der Waals surface area (Å²) in [6, 6.07) is 4.89. The molecule has 0 radical (unpaired) electrons. The molecular formula is C21H20ClF3N4O4S2. The highest BCUT2D eigenvalue weighted by atomic mass is 35.5. The van der Waals surface area contributed by atoms with Crippen molar-refractivity contribution in [3.8, 4) is 0 Å². The van der Waals surface area contributed by atoms with E-state index in [1.165, 1.54) is 43.8 Å². The van der Waals surface area contributed by atoms with Crippen molar-refractivity contribution in [2.45, 2.75) is 37.4 Å². The average Bonchev–Trinajstić information content (AvgIpc) is 3.21. The number of nitrogens with two attached hydrogens (primary N) is 1. The molecule has 0 saturated carbocycles. The molecule has 0 bridgehead atoms. The highest BCUT2D eigenvalue weighted by Crippen LogP contribution is 2.32. The molecule has 1 atom stereocenters. The van der Waals surface area contributed by atoms with Gasteiger partial charge in [-0.15, -0.1) is 15.6 Å². The Balaban J connectivity index is 2.00. The van der Waals surface area contributed by atoms with Crippen molar-refractivity contribution in [1.29, 1.82) is 0 Å². The third kappa shape index (κ3) is 6.04. The summed E-state index contributed by atoms with van der Waals surface area (Å²) in [5.41, 5.74) is 5.63. The van der Waals surface area contributed by atoms with E-state index in [0.29, 0.717) is 12.1 Å². The van der Waals surface area contributed by atoms with E-state index in [0.717, 1.165) is 17.4 Å². The maximum absolute atomic E-state index is 15.0. The molecule has 8 nitrogen and oxygen atoms in total. The highest BCUT2D eigenvalue weighted by Gasteiger charge is 2.39. The second kappa shape index (κ2) is 10.0. The molecule has 188 valence electrons. The van der Waals surface area contributed by atoms with Gasteiger partial charge in [0.2, 0.25) is 0 Å². The van der Waals surface area contributed by atoms with E-state index in [1.807, 2.05) is 0 Å². The number of hydrogen-bond acceptors (Lipinski definition) is 8. The standard InChI is InChI=1S/C21H20ClF3N4O4S2/c1-21(2,3)33-20(30)29(17-9-34-10-27-17)35(31,32)18-15(24)7-12(8-16(18)25)28-19(26)13-6-11(22)4-5-14(13)23/h4-10,19,28H,26H2,1-3H3/t19-/m1/s1. The number of rotatable bonds is 6. The van der Waals surface area contributed by atoms with E-state index in [-0.39, 0.29) is 20.6 Å². The molecule has 0 aliphatic carbocycles. The molecular weight excluding hydrogens is 529 g/mol. The lowest BCUT2D eigenvalue weighted by Gasteiger charge is -2.26. The van der Waals surface area contributed by atoms with Crippen molar-refractivity contribution >= 4 is 50.6 Å². The summed E-state index contributed by atoms with van der Waals surface area (Å²) in [4.78, 5) is 15.1. The van der Waals surface area contributed by atoms with Gasteiger partial charge in [-0.05, 0) is 51.1 Å². The van der Waals surface area contributed by atoms with Crippen molar-refractivity contribution in [3.05, 3.63) is 69.3 Å². The van der Waals surface area contributed by atoms with Crippen LogP contribution in [0, 0.1) is 17.5 Å². The zero-order valence-corrected chi connectivity index (χ0v) is 20.9. The number of sulfonamides is 1. The summed E-state index contributed by atoms with van der Waals surface area (Å²) in [5, 5.41) is 3.87. The van der Waals surface area contributed by atoms with Gasteiger partial charge in [-0.1, -0.05) is 11.6 Å². The molecule has 3 rings (SSSR count). The first-order valence-corrected chi connectivity index (χ1v) is 12.6. The van der Waals surface area contributed by atoms with Crippen molar-refractivity contribution < 1.29 is 31.1 Å². The SMILES string of the molecule is CC(C)(C)OC(=O)N(c1cscn1)S(=O)(=O)c1c(F)cc(N[C@@H](N)c2cc(Cl)ccc2F)cc1F. The number of carbonyl (C=O) groups excluding carboxylic acids is 1. The lowest BCUT2D eigenvalue weighted by atomic mass is 10.1. The Morgan fingerprint density at radius 2 is 1.80 bits per heavy atom. The van der Waals surface area contributed by atoms with Gasteiger partial charge in [0.15, 0.2) is 10.7 Å². The number of halogens is 4. The van der Waals surface area contributed by atoms with Gasteiger partial charge in [0.25, 0.3) is 10.0 Å². The number of benzene rings is 2. The van der Waals surface area contributed by atoms with Crippen LogP contribution in [0.15, 0.2) is 46.1 Å². The van der Waals surface area contributed by atoms with Gasteiger partial charge in [-0.25, -0.2) is 31.4 Å². The maximum Gasteiger partial charge on any atom is 0.430 e. The van der Waals surface area contributed by atoms with Gasteiger partial charge >= 0.3 is 6.09 Å². The van der Waals surface area contributed by atoms with Crippen LogP contribution in [-0.2, 0) is 14.8 Å². The molecule has 0 spiro atoms. The maximum atomic E-state index is 15.0. The number of nitrogens with zero attached hydrogens (tertiary/aromatic N) is 2. The van der Waals surface area contributed by atoms with E-state index in [9.17, 15) is 17.6 Å². The predicted molar refractivity (Wildman–Crippen MR) is 126 cm³/mol. The molecule has 3 N–H and O–H groups in total. The summed E-state index contributed by atoms with van der Waals surface area (Å²) < 4.78 is 75.8. The summed E-state index contributed by atoms with van der Waals surface area (Å²) >= 11 is 6.80. The van der Waals surface area contributed by atoms with Crippen LogP contribution in [-0.4, -0.2) is 25.1 Å². The number of thiazole rings is 1. The smallest absolute Gasteiger partial charge is 0.430 e. The lowest BCUT2D eigenvalue weighted by molar-refractivity contribution is 0.0608. The average molecular weight is 549 g/mol. The van der Waals surface area contributed by atoms with Crippen LogP contribution in [0.3, 0.4) is 0 Å². The summed E-state index contributed by atoms with van der Waals surface area (Å²) in [6.07, 6.45) is -2.67. The predicted octanol–water partition coefficient (Wildman–Crippen LogP) is 5.41. The van der Waals surface area contributed by atoms with Gasteiger partial charge in [-0.2, -0.15) is 0 Å². The molecule has 1 aromatic heterocycles. The minimum absolute atomic E-state index is 0.0798. The Morgan fingerprint density at radius 3 is 2.34 bits per heavy atom. The number of anilines is 2. The summed E-state index contributed by atoms with van der Waals surface area (Å²) in [5.74, 6) is -4.18. The first-order chi connectivity index (χ1) is 16.2. The fourth-order valence-corrected chi connectivity index (χ4v) is 5.05. The molecule has 1 heterocycles. The van der Waals surface area contributed by atoms with Crippen molar-refractivity contribution in [3.63, 3.8) is 0 Å². The fraction of sp³-hybridized carbons (Fsp3) is 0.238. The molecule has 2 aromatic carbocycles. The first kappa shape index (κ1) is 26.7. The zero-order valence-electron chi connectivity index (χ0n) is 18.6. The minimum Gasteiger partial charge on any atom is -0.443 e. The van der Waals surface area contributed by atoms with E-state index in [4.69, 9.17) is 22.1 Å². The Kier molecular flexibility index (Phi) is 7.65. The monoisotopic (exact) mass is 548 g/mol. The largest absolute Gasteiger partial charge is 0.443 e. The van der Waals surface area contributed by atoms with Crippen LogP contribution in [0.4, 0.5) is 29.5 Å². The van der Waals surface area contributed by atoms with E-state index in [1.54, 1.807) is 0 Å². The molecule has 0 saturated heterocycles. The molecule has 3 aromatic rings. The number of nitrogens with one attached hydrogen (secondary N) is 1. The van der Waals surface area contributed by atoms with Gasteiger partial charge in [0.1, 0.15) is 29.2 Å². The van der Waals surface area contributed by atoms with Crippen LogP contribution in [0.25, 0.3) is 0 Å². The number of ether oxygens (including phenoxy) is 1. The van der Waals surface area contributed by atoms with Gasteiger partial charge in [0, 0.05) is 21.7 Å². The highest BCUT2D eigenvalue weighted by molar-refractivity contribution is 7.93. The summed E-state index contributed by atoms with van der Waals surface area (Å²) in [7, 11) is -5.15. The Labute approximate surface area is 208 Å². The second-order valence-electron chi connectivity index (χ2n) is 8.15. The number of amides is 1. The third-order valence-electron chi connectivity index (χ3n) is 4.30. The van der Waals surface area contributed by atoms with Crippen molar-refractivity contribution in [2.24, 2.45) is 5.73 Å². The lowest BCUT2D eigenvalue weighted by Crippen LogP contribution is -2.41. The molecule has 14 heteroatoms. The number of aromatic nitrogens is 1. The third-order valence-corrected chi connectivity index (χ3v) is 6.83. The molecule has 1 amide bonds. The molecule has 0 aliphatic heterocycles. The fourth-order valence-electron chi connectivity index (χ4n) is 2.92. The molecule has 0 fully saturated rings. The number of carbonyl (C=O) groups is 1. The van der Waals surface area contributed by atoms with Crippen LogP contribution in [0.1, 0.15) is 32.5 Å². The second-order valence-corrected chi connectivity index (χ2v) is 11.0. The summed E-state index contributed by atoms with van der Waals surface area (Å²) in [6.45, 7) is 4.47. The van der Waals surface area contributed by atoms with E-state index in [2.05, 4.69) is 10.3 Å². The zero-order chi connectivity index (χ0) is 26.1. The topological polar surface area (TPSA) is 115 Å². The quantitative estimate of drug-likeness (QED) is 0.396. The van der Waals surface area contributed by atoms with Crippen LogP contribution < -0.4 is 15.4 Å². The number of hydrogen-bond donors (Lipinski definition) is 2. The molecule has 0 aliphatic rings.